The number of rotatable bonds is 11. The van der Waals surface area contributed by atoms with E-state index in [1.165, 1.54) is 30.0 Å². The van der Waals surface area contributed by atoms with Gasteiger partial charge in [-0.1, -0.05) is 61.0 Å². The van der Waals surface area contributed by atoms with Crippen LogP contribution in [0.2, 0.25) is 0 Å². The molecule has 3 rings (SSSR count). The first kappa shape index (κ1) is 31.7. The highest BCUT2D eigenvalue weighted by atomic mass is 32.2. The summed E-state index contributed by atoms with van der Waals surface area (Å²) in [6.07, 6.45) is -4.08. The van der Waals surface area contributed by atoms with E-state index in [0.29, 0.717) is 22.4 Å². The third-order valence-corrected chi connectivity index (χ3v) is 8.50. The van der Waals surface area contributed by atoms with Crippen molar-refractivity contribution in [3.63, 3.8) is 0 Å². The lowest BCUT2D eigenvalue weighted by Crippen LogP contribution is -2.52. The molecule has 0 fully saturated rings. The highest BCUT2D eigenvalue weighted by Gasteiger charge is 2.35. The molecule has 0 spiro atoms. The number of halogens is 3. The largest absolute Gasteiger partial charge is 0.416 e. The van der Waals surface area contributed by atoms with Crippen LogP contribution in [-0.2, 0) is 32.3 Å². The van der Waals surface area contributed by atoms with Crippen LogP contribution in [-0.4, -0.2) is 43.8 Å². The Bertz CT molecular complexity index is 1450. The zero-order valence-electron chi connectivity index (χ0n) is 23.4. The first-order chi connectivity index (χ1) is 19.2. The third kappa shape index (κ3) is 8.09. The Morgan fingerprint density at radius 1 is 0.927 bits per heavy atom. The molecule has 0 aromatic heterocycles. The quantitative estimate of drug-likeness (QED) is 0.318. The first-order valence-corrected chi connectivity index (χ1v) is 14.6. The van der Waals surface area contributed by atoms with Gasteiger partial charge in [0.05, 0.1) is 16.1 Å². The van der Waals surface area contributed by atoms with Gasteiger partial charge >= 0.3 is 6.18 Å². The molecule has 0 aliphatic rings. The molecule has 0 saturated carbocycles. The van der Waals surface area contributed by atoms with Crippen molar-refractivity contribution >= 4 is 27.5 Å². The lowest BCUT2D eigenvalue weighted by atomic mass is 10.1. The molecular formula is C30H34F3N3O4S. The van der Waals surface area contributed by atoms with Gasteiger partial charge in [-0.2, -0.15) is 13.2 Å². The fraction of sp³-hybridized carbons (Fsp3) is 0.333. The standard InChI is InChI=1S/C30H34F3N3O4S/c1-5-22(3)34-29(38)23(4)35(19-24-10-7-6-8-11-24)28(37)20-36(26-13-9-12-25(18-26)30(31,32)33)41(39,40)27-16-14-21(2)15-17-27/h6-18,22-23H,5,19-20H2,1-4H3,(H,34,38)/t22-,23-/m0/s1. The van der Waals surface area contributed by atoms with E-state index in [0.717, 1.165) is 17.7 Å². The molecule has 0 radical (unpaired) electrons. The van der Waals surface area contributed by atoms with Gasteiger partial charge < -0.3 is 10.2 Å². The van der Waals surface area contributed by atoms with Crippen LogP contribution in [0.1, 0.15) is 43.9 Å². The van der Waals surface area contributed by atoms with Crippen molar-refractivity contribution in [1.82, 2.24) is 10.2 Å². The highest BCUT2D eigenvalue weighted by molar-refractivity contribution is 7.92. The van der Waals surface area contributed by atoms with Gasteiger partial charge in [0.15, 0.2) is 0 Å². The summed E-state index contributed by atoms with van der Waals surface area (Å²) in [7, 11) is -4.49. The van der Waals surface area contributed by atoms with E-state index in [9.17, 15) is 31.2 Å². The number of hydrogen-bond donors (Lipinski definition) is 1. The summed E-state index contributed by atoms with van der Waals surface area (Å²) in [5.74, 6) is -1.19. The summed E-state index contributed by atoms with van der Waals surface area (Å²) >= 11 is 0. The molecule has 0 bridgehead atoms. The van der Waals surface area contributed by atoms with Crippen molar-refractivity contribution in [3.8, 4) is 0 Å². The van der Waals surface area contributed by atoms with Crippen LogP contribution in [0.3, 0.4) is 0 Å². The summed E-state index contributed by atoms with van der Waals surface area (Å²) in [6, 6.07) is 17.3. The number of alkyl halides is 3. The summed E-state index contributed by atoms with van der Waals surface area (Å²) < 4.78 is 69.0. The molecule has 7 nitrogen and oxygen atoms in total. The Hall–Kier alpha value is -3.86. The number of anilines is 1. The molecule has 0 heterocycles. The smallest absolute Gasteiger partial charge is 0.352 e. The third-order valence-electron chi connectivity index (χ3n) is 6.71. The predicted molar refractivity (Wildman–Crippen MR) is 152 cm³/mol. The van der Waals surface area contributed by atoms with Crippen molar-refractivity contribution in [1.29, 1.82) is 0 Å². The fourth-order valence-corrected chi connectivity index (χ4v) is 5.44. The second-order valence-electron chi connectivity index (χ2n) is 9.87. The van der Waals surface area contributed by atoms with Gasteiger partial charge in [-0.25, -0.2) is 8.42 Å². The van der Waals surface area contributed by atoms with Crippen LogP contribution in [0.4, 0.5) is 18.9 Å². The summed E-state index contributed by atoms with van der Waals surface area (Å²) in [4.78, 5) is 28.0. The molecule has 1 N–H and O–H groups in total. The molecule has 11 heteroatoms. The lowest BCUT2D eigenvalue weighted by molar-refractivity contribution is -0.139. The minimum absolute atomic E-state index is 0.0181. The van der Waals surface area contributed by atoms with Gasteiger partial charge in [0.25, 0.3) is 10.0 Å². The Kier molecular flexibility index (Phi) is 10.2. The maximum absolute atomic E-state index is 13.9. The topological polar surface area (TPSA) is 86.8 Å². The van der Waals surface area contributed by atoms with Crippen molar-refractivity contribution in [3.05, 3.63) is 95.6 Å². The van der Waals surface area contributed by atoms with Gasteiger partial charge in [0.2, 0.25) is 11.8 Å². The Morgan fingerprint density at radius 3 is 2.15 bits per heavy atom. The van der Waals surface area contributed by atoms with E-state index in [4.69, 9.17) is 0 Å². The van der Waals surface area contributed by atoms with Crippen LogP contribution in [0.25, 0.3) is 0 Å². The maximum Gasteiger partial charge on any atom is 0.416 e. The van der Waals surface area contributed by atoms with Crippen molar-refractivity contribution in [2.24, 2.45) is 0 Å². The van der Waals surface area contributed by atoms with Crippen LogP contribution in [0.5, 0.6) is 0 Å². The molecule has 0 saturated heterocycles. The van der Waals surface area contributed by atoms with E-state index < -0.39 is 46.2 Å². The maximum atomic E-state index is 13.9. The van der Waals surface area contributed by atoms with E-state index in [1.807, 2.05) is 13.8 Å². The monoisotopic (exact) mass is 589 g/mol. The Balaban J connectivity index is 2.07. The minimum Gasteiger partial charge on any atom is -0.352 e. The molecule has 220 valence electrons. The molecule has 3 aromatic carbocycles. The van der Waals surface area contributed by atoms with Crippen molar-refractivity contribution < 1.29 is 31.2 Å². The number of amides is 2. The summed E-state index contributed by atoms with van der Waals surface area (Å²) in [5, 5.41) is 2.83. The predicted octanol–water partition coefficient (Wildman–Crippen LogP) is 5.54. The number of sulfonamides is 1. The van der Waals surface area contributed by atoms with Gasteiger partial charge in [-0.05, 0) is 63.1 Å². The number of benzene rings is 3. The van der Waals surface area contributed by atoms with E-state index in [2.05, 4.69) is 5.32 Å². The normalized spacial score (nSPS) is 13.2. The summed E-state index contributed by atoms with van der Waals surface area (Å²) in [5.41, 5.74) is 0.0796. The van der Waals surface area contributed by atoms with Crippen LogP contribution >= 0.6 is 0 Å². The van der Waals surface area contributed by atoms with Gasteiger partial charge in [-0.3, -0.25) is 13.9 Å². The van der Waals surface area contributed by atoms with Gasteiger partial charge in [0.1, 0.15) is 12.6 Å². The van der Waals surface area contributed by atoms with Crippen molar-refractivity contribution in [2.45, 2.75) is 63.8 Å². The SMILES string of the molecule is CC[C@H](C)NC(=O)[C@H](C)N(Cc1ccccc1)C(=O)CN(c1cccc(C(F)(F)F)c1)S(=O)(=O)c1ccc(C)cc1. The van der Waals surface area contributed by atoms with Crippen LogP contribution in [0, 0.1) is 6.92 Å². The van der Waals surface area contributed by atoms with E-state index >= 15 is 0 Å². The molecule has 0 unspecified atom stereocenters. The molecule has 2 atom stereocenters. The summed E-state index contributed by atoms with van der Waals surface area (Å²) in [6.45, 7) is 6.16. The van der Waals surface area contributed by atoms with Gasteiger partial charge in [0, 0.05) is 12.6 Å². The Morgan fingerprint density at radius 2 is 1.56 bits per heavy atom. The van der Waals surface area contributed by atoms with Crippen LogP contribution in [0.15, 0.2) is 83.8 Å². The van der Waals surface area contributed by atoms with Crippen molar-refractivity contribution in [2.75, 3.05) is 10.8 Å². The molecule has 0 aliphatic heterocycles. The molecule has 3 aromatic rings. The zero-order chi connectivity index (χ0) is 30.4. The number of aryl methyl sites for hydroxylation is 1. The minimum atomic E-state index is -4.73. The zero-order valence-corrected chi connectivity index (χ0v) is 24.2. The van der Waals surface area contributed by atoms with Gasteiger partial charge in [-0.15, -0.1) is 0 Å². The average Bonchev–Trinajstić information content (AvgIpc) is 2.94. The molecule has 41 heavy (non-hydrogen) atoms. The molecule has 0 aliphatic carbocycles. The second-order valence-corrected chi connectivity index (χ2v) is 11.7. The molecular weight excluding hydrogens is 555 g/mol. The van der Waals surface area contributed by atoms with E-state index in [1.54, 1.807) is 49.4 Å². The number of nitrogens with one attached hydrogen (secondary N) is 1. The highest BCUT2D eigenvalue weighted by Crippen LogP contribution is 2.33. The Labute approximate surface area is 239 Å². The number of nitrogens with zero attached hydrogens (tertiary/aromatic N) is 2. The number of hydrogen-bond acceptors (Lipinski definition) is 4. The van der Waals surface area contributed by atoms with E-state index in [-0.39, 0.29) is 23.2 Å². The number of carbonyl (C=O) groups is 2. The lowest BCUT2D eigenvalue weighted by Gasteiger charge is -2.32. The van der Waals surface area contributed by atoms with Crippen LogP contribution < -0.4 is 9.62 Å². The first-order valence-electron chi connectivity index (χ1n) is 13.1. The average molecular weight is 590 g/mol. The molecule has 2 amide bonds. The fourth-order valence-electron chi connectivity index (χ4n) is 4.03. The number of carbonyl (C=O) groups excluding carboxylic acids is 2. The second kappa shape index (κ2) is 13.2.